The average Bonchev–Trinajstić information content (AvgIpc) is 2.87. The number of fused-ring (bicyclic) bond motifs is 1. The van der Waals surface area contributed by atoms with Gasteiger partial charge in [0.05, 0.1) is 19.2 Å². The van der Waals surface area contributed by atoms with Crippen LogP contribution in [0.3, 0.4) is 0 Å². The van der Waals surface area contributed by atoms with Gasteiger partial charge in [-0.15, -0.1) is 0 Å². The topological polar surface area (TPSA) is 59.0 Å². The van der Waals surface area contributed by atoms with E-state index in [9.17, 15) is 14.3 Å². The Hall–Kier alpha value is -1.82. The summed E-state index contributed by atoms with van der Waals surface area (Å²) in [7, 11) is 0. The molecule has 0 unspecified atom stereocenters. The second kappa shape index (κ2) is 5.28. The molecule has 2 heterocycles. The average molecular weight is 281 g/mol. The monoisotopic (exact) mass is 281 g/mol. The van der Waals surface area contributed by atoms with Crippen LogP contribution in [0, 0.1) is 0 Å². The summed E-state index contributed by atoms with van der Waals surface area (Å²) in [6.45, 7) is 0.734. The van der Waals surface area contributed by atoms with Crippen LogP contribution in [0.4, 0.5) is 4.39 Å². The maximum absolute atomic E-state index is 13.4. The first-order chi connectivity index (χ1) is 9.69. The molecule has 20 heavy (non-hydrogen) atoms. The number of carbonyl (C=O) groups is 1. The van der Waals surface area contributed by atoms with Crippen molar-refractivity contribution in [2.45, 2.75) is 18.6 Å². The quantitative estimate of drug-likeness (QED) is 0.878. The van der Waals surface area contributed by atoms with E-state index < -0.39 is 12.2 Å². The Morgan fingerprint density at radius 3 is 2.85 bits per heavy atom. The summed E-state index contributed by atoms with van der Waals surface area (Å²) < 4.78 is 24.2. The lowest BCUT2D eigenvalue weighted by atomic mass is 10.1. The molecule has 108 valence electrons. The van der Waals surface area contributed by atoms with Gasteiger partial charge in [-0.05, 0) is 18.2 Å². The molecule has 1 N–H and O–H groups in total. The Bertz CT molecular complexity index is 522. The van der Waals surface area contributed by atoms with Gasteiger partial charge >= 0.3 is 0 Å². The first kappa shape index (κ1) is 13.2. The zero-order chi connectivity index (χ0) is 14.1. The summed E-state index contributed by atoms with van der Waals surface area (Å²) in [5.41, 5.74) is 0.418. The third-order valence-corrected chi connectivity index (χ3v) is 3.62. The SMILES string of the molecule is O=C(c1ccc2c(c1)OCCO2)N1C[C@@H](F)C[C@H]1CO. The number of ether oxygens (including phenoxy) is 2. The molecule has 2 atom stereocenters. The van der Waals surface area contributed by atoms with Crippen molar-refractivity contribution in [3.8, 4) is 11.5 Å². The maximum atomic E-state index is 13.4. The highest BCUT2D eigenvalue weighted by Crippen LogP contribution is 2.32. The maximum Gasteiger partial charge on any atom is 0.254 e. The Morgan fingerprint density at radius 1 is 1.35 bits per heavy atom. The lowest BCUT2D eigenvalue weighted by Crippen LogP contribution is -2.37. The summed E-state index contributed by atoms with van der Waals surface area (Å²) >= 11 is 0. The fraction of sp³-hybridized carbons (Fsp3) is 0.500. The summed E-state index contributed by atoms with van der Waals surface area (Å²) in [4.78, 5) is 13.8. The van der Waals surface area contributed by atoms with Crippen molar-refractivity contribution in [3.05, 3.63) is 23.8 Å². The van der Waals surface area contributed by atoms with E-state index in [-0.39, 0.29) is 25.5 Å². The number of halogens is 1. The van der Waals surface area contributed by atoms with Crippen molar-refractivity contribution < 1.29 is 23.8 Å². The minimum absolute atomic E-state index is 0.0263. The number of amides is 1. The van der Waals surface area contributed by atoms with Gasteiger partial charge in [0.15, 0.2) is 11.5 Å². The second-order valence-corrected chi connectivity index (χ2v) is 4.99. The number of alkyl halides is 1. The van der Waals surface area contributed by atoms with Gasteiger partial charge < -0.3 is 19.5 Å². The molecule has 0 radical (unpaired) electrons. The standard InChI is InChI=1S/C14H16FNO4/c15-10-6-11(8-17)16(7-10)14(18)9-1-2-12-13(5-9)20-4-3-19-12/h1-2,5,10-11,17H,3-4,6-8H2/t10-,11-/m0/s1. The van der Waals surface area contributed by atoms with Crippen molar-refractivity contribution in [2.24, 2.45) is 0 Å². The van der Waals surface area contributed by atoms with Crippen molar-refractivity contribution in [3.63, 3.8) is 0 Å². The van der Waals surface area contributed by atoms with Crippen LogP contribution < -0.4 is 9.47 Å². The molecule has 0 aromatic heterocycles. The normalized spacial score (nSPS) is 24.8. The zero-order valence-electron chi connectivity index (χ0n) is 10.9. The number of rotatable bonds is 2. The molecule has 0 spiro atoms. The van der Waals surface area contributed by atoms with E-state index in [2.05, 4.69) is 0 Å². The number of hydrogen-bond donors (Lipinski definition) is 1. The Kier molecular flexibility index (Phi) is 3.48. The van der Waals surface area contributed by atoms with Gasteiger partial charge in [-0.1, -0.05) is 0 Å². The summed E-state index contributed by atoms with van der Waals surface area (Å²) in [5.74, 6) is 0.844. The minimum Gasteiger partial charge on any atom is -0.486 e. The molecule has 1 saturated heterocycles. The highest BCUT2D eigenvalue weighted by atomic mass is 19.1. The van der Waals surface area contributed by atoms with Crippen LogP contribution in [-0.2, 0) is 0 Å². The molecular weight excluding hydrogens is 265 g/mol. The Balaban J connectivity index is 1.83. The van der Waals surface area contributed by atoms with Gasteiger partial charge in [-0.3, -0.25) is 4.79 Å². The molecule has 3 rings (SSSR count). The van der Waals surface area contributed by atoms with Crippen LogP contribution in [0.1, 0.15) is 16.8 Å². The van der Waals surface area contributed by atoms with E-state index in [0.29, 0.717) is 30.3 Å². The largest absolute Gasteiger partial charge is 0.486 e. The molecule has 5 nitrogen and oxygen atoms in total. The number of aliphatic hydroxyl groups excluding tert-OH is 1. The molecule has 0 saturated carbocycles. The molecule has 1 aromatic carbocycles. The lowest BCUT2D eigenvalue weighted by molar-refractivity contribution is 0.0672. The number of benzene rings is 1. The van der Waals surface area contributed by atoms with E-state index in [1.165, 1.54) is 4.90 Å². The van der Waals surface area contributed by atoms with Gasteiger partial charge in [-0.25, -0.2) is 4.39 Å². The van der Waals surface area contributed by atoms with Gasteiger partial charge in [0.2, 0.25) is 0 Å². The number of hydrogen-bond acceptors (Lipinski definition) is 4. The highest BCUT2D eigenvalue weighted by molar-refractivity contribution is 5.95. The molecule has 1 amide bonds. The first-order valence-electron chi connectivity index (χ1n) is 6.64. The van der Waals surface area contributed by atoms with Gasteiger partial charge in [0, 0.05) is 12.0 Å². The zero-order valence-corrected chi connectivity index (χ0v) is 10.9. The Labute approximate surface area is 115 Å². The lowest BCUT2D eigenvalue weighted by Gasteiger charge is -2.24. The van der Waals surface area contributed by atoms with E-state index in [1.807, 2.05) is 0 Å². The molecule has 2 aliphatic heterocycles. The molecule has 6 heteroatoms. The summed E-state index contributed by atoms with van der Waals surface area (Å²) in [5, 5.41) is 9.24. The van der Waals surface area contributed by atoms with Gasteiger partial charge in [-0.2, -0.15) is 0 Å². The molecule has 1 aromatic rings. The van der Waals surface area contributed by atoms with Crippen LogP contribution in [0.15, 0.2) is 18.2 Å². The van der Waals surface area contributed by atoms with Crippen molar-refractivity contribution >= 4 is 5.91 Å². The first-order valence-corrected chi connectivity index (χ1v) is 6.64. The van der Waals surface area contributed by atoms with Crippen molar-refractivity contribution in [1.82, 2.24) is 4.90 Å². The van der Waals surface area contributed by atoms with Gasteiger partial charge in [0.1, 0.15) is 19.4 Å². The summed E-state index contributed by atoms with van der Waals surface area (Å²) in [6.07, 6.45) is -0.888. The predicted octanol–water partition coefficient (Wildman–Crippen LogP) is 1.00. The van der Waals surface area contributed by atoms with Crippen LogP contribution in [-0.4, -0.2) is 54.5 Å². The Morgan fingerprint density at radius 2 is 2.10 bits per heavy atom. The highest BCUT2D eigenvalue weighted by Gasteiger charge is 2.35. The number of likely N-dealkylation sites (tertiary alicyclic amines) is 1. The van der Waals surface area contributed by atoms with Crippen molar-refractivity contribution in [2.75, 3.05) is 26.4 Å². The van der Waals surface area contributed by atoms with E-state index >= 15 is 0 Å². The van der Waals surface area contributed by atoms with Crippen LogP contribution >= 0.6 is 0 Å². The summed E-state index contributed by atoms with van der Waals surface area (Å²) in [6, 6.07) is 4.47. The van der Waals surface area contributed by atoms with Gasteiger partial charge in [0.25, 0.3) is 5.91 Å². The minimum atomic E-state index is -1.08. The smallest absolute Gasteiger partial charge is 0.254 e. The van der Waals surface area contributed by atoms with Crippen molar-refractivity contribution in [1.29, 1.82) is 0 Å². The fourth-order valence-corrected chi connectivity index (χ4v) is 2.62. The van der Waals surface area contributed by atoms with E-state index in [1.54, 1.807) is 18.2 Å². The van der Waals surface area contributed by atoms with E-state index in [0.717, 1.165) is 0 Å². The molecule has 0 bridgehead atoms. The number of nitrogens with zero attached hydrogens (tertiary/aromatic N) is 1. The van der Waals surface area contributed by atoms with Crippen LogP contribution in [0.25, 0.3) is 0 Å². The molecule has 1 fully saturated rings. The van der Waals surface area contributed by atoms with Crippen LogP contribution in [0.5, 0.6) is 11.5 Å². The number of carbonyl (C=O) groups excluding carboxylic acids is 1. The predicted molar refractivity (Wildman–Crippen MR) is 68.9 cm³/mol. The van der Waals surface area contributed by atoms with Crippen LogP contribution in [0.2, 0.25) is 0 Å². The number of aliphatic hydroxyl groups is 1. The second-order valence-electron chi connectivity index (χ2n) is 4.99. The third kappa shape index (κ3) is 2.31. The van der Waals surface area contributed by atoms with E-state index in [4.69, 9.17) is 9.47 Å². The fourth-order valence-electron chi connectivity index (χ4n) is 2.62. The molecular formula is C14H16FNO4. The molecule has 0 aliphatic carbocycles. The third-order valence-electron chi connectivity index (χ3n) is 3.62. The molecule has 2 aliphatic rings.